The van der Waals surface area contributed by atoms with Gasteiger partial charge in [-0.3, -0.25) is 0 Å². The fourth-order valence-corrected chi connectivity index (χ4v) is 4.44. The van der Waals surface area contributed by atoms with Crippen LogP contribution in [0.2, 0.25) is 0 Å². The van der Waals surface area contributed by atoms with Crippen molar-refractivity contribution in [3.63, 3.8) is 0 Å². The second-order valence-electron chi connectivity index (χ2n) is 7.68. The number of benzene rings is 1. The molecule has 4 rings (SSSR count). The highest BCUT2D eigenvalue weighted by Gasteiger charge is 2.48. The predicted octanol–water partition coefficient (Wildman–Crippen LogP) is 3.66. The molecule has 20 heavy (non-hydrogen) atoms. The molecule has 2 saturated carbocycles. The molecule has 2 fully saturated rings. The monoisotopic (exact) mass is 271 g/mol. The lowest BCUT2D eigenvalue weighted by Gasteiger charge is -2.26. The van der Waals surface area contributed by atoms with Gasteiger partial charge in [0.25, 0.3) is 0 Å². The van der Waals surface area contributed by atoms with Crippen LogP contribution in [0.15, 0.2) is 18.2 Å². The first-order valence-electron chi connectivity index (χ1n) is 8.03. The van der Waals surface area contributed by atoms with Crippen LogP contribution in [-0.4, -0.2) is 13.7 Å². The Kier molecular flexibility index (Phi) is 2.69. The molecule has 2 aliphatic carbocycles. The topological polar surface area (TPSA) is 21.3 Å². The van der Waals surface area contributed by atoms with Gasteiger partial charge in [-0.15, -0.1) is 0 Å². The Hall–Kier alpha value is -1.02. The summed E-state index contributed by atoms with van der Waals surface area (Å²) in [4.78, 5) is 0. The van der Waals surface area contributed by atoms with E-state index in [0.717, 1.165) is 30.1 Å². The molecule has 0 radical (unpaired) electrons. The summed E-state index contributed by atoms with van der Waals surface area (Å²) in [6.07, 6.45) is 4.35. The van der Waals surface area contributed by atoms with Gasteiger partial charge in [-0.05, 0) is 61.8 Å². The van der Waals surface area contributed by atoms with Crippen molar-refractivity contribution < 1.29 is 4.74 Å². The van der Waals surface area contributed by atoms with Crippen LogP contribution in [-0.2, 0) is 5.41 Å². The van der Waals surface area contributed by atoms with Gasteiger partial charge in [0, 0.05) is 17.0 Å². The lowest BCUT2D eigenvalue weighted by Crippen LogP contribution is -2.25. The normalized spacial score (nSPS) is 34.2. The molecule has 1 aromatic rings. The largest absolute Gasteiger partial charge is 0.492 e. The molecule has 0 saturated heterocycles. The third-order valence-corrected chi connectivity index (χ3v) is 5.74. The molecular weight excluding hydrogens is 246 g/mol. The highest BCUT2D eigenvalue weighted by Crippen LogP contribution is 2.57. The Bertz CT molecular complexity index is 526. The summed E-state index contributed by atoms with van der Waals surface area (Å²) >= 11 is 0. The molecule has 0 amide bonds. The summed E-state index contributed by atoms with van der Waals surface area (Å²) in [7, 11) is 2.11. The number of hydrogen-bond donors (Lipinski definition) is 1. The number of hydrogen-bond acceptors (Lipinski definition) is 2. The van der Waals surface area contributed by atoms with Crippen molar-refractivity contribution in [2.45, 2.75) is 44.6 Å². The first-order valence-corrected chi connectivity index (χ1v) is 8.03. The Labute approximate surface area is 121 Å². The lowest BCUT2D eigenvalue weighted by atomic mass is 9.83. The maximum Gasteiger partial charge on any atom is 0.123 e. The van der Waals surface area contributed by atoms with Crippen molar-refractivity contribution in [2.75, 3.05) is 13.7 Å². The van der Waals surface area contributed by atoms with Gasteiger partial charge in [0.2, 0.25) is 0 Å². The van der Waals surface area contributed by atoms with Gasteiger partial charge >= 0.3 is 0 Å². The molecule has 3 atom stereocenters. The minimum Gasteiger partial charge on any atom is -0.492 e. The van der Waals surface area contributed by atoms with Crippen LogP contribution < -0.4 is 10.1 Å². The molecule has 3 unspecified atom stereocenters. The zero-order chi connectivity index (χ0) is 13.9. The maximum atomic E-state index is 5.81. The van der Waals surface area contributed by atoms with Crippen LogP contribution in [0.3, 0.4) is 0 Å². The summed E-state index contributed by atoms with van der Waals surface area (Å²) in [5, 5.41) is 3.58. The molecule has 2 heteroatoms. The molecule has 1 heterocycles. The van der Waals surface area contributed by atoms with Crippen molar-refractivity contribution in [1.29, 1.82) is 0 Å². The van der Waals surface area contributed by atoms with Crippen LogP contribution in [0.25, 0.3) is 0 Å². The van der Waals surface area contributed by atoms with Crippen molar-refractivity contribution >= 4 is 0 Å². The Morgan fingerprint density at radius 3 is 2.65 bits per heavy atom. The second kappa shape index (κ2) is 4.24. The van der Waals surface area contributed by atoms with E-state index in [1.165, 1.54) is 30.4 Å². The third kappa shape index (κ3) is 1.88. The molecule has 0 aromatic heterocycles. The minimum atomic E-state index is 0.154. The standard InChI is InChI=1S/C18H25NO/c1-18(2)10-20-16-5-4-11(9-15(16)18)17(19-3)14-7-12-6-13(12)8-14/h4-5,9,12-14,17,19H,6-8,10H2,1-3H3. The third-order valence-electron chi connectivity index (χ3n) is 5.74. The summed E-state index contributed by atoms with van der Waals surface area (Å²) in [5.74, 6) is 4.00. The van der Waals surface area contributed by atoms with E-state index < -0.39 is 0 Å². The fourth-order valence-electron chi connectivity index (χ4n) is 4.44. The SMILES string of the molecule is CNC(c1ccc2c(c1)C(C)(C)CO2)C1CC2CC2C1. The fraction of sp³-hybridized carbons (Fsp3) is 0.667. The summed E-state index contributed by atoms with van der Waals surface area (Å²) in [6.45, 7) is 5.37. The molecule has 0 spiro atoms. The summed E-state index contributed by atoms with van der Waals surface area (Å²) < 4.78 is 5.81. The second-order valence-corrected chi connectivity index (χ2v) is 7.68. The number of rotatable bonds is 3. The van der Waals surface area contributed by atoms with E-state index in [2.05, 4.69) is 44.4 Å². The molecule has 1 N–H and O–H groups in total. The van der Waals surface area contributed by atoms with E-state index in [9.17, 15) is 0 Å². The Morgan fingerprint density at radius 1 is 1.20 bits per heavy atom. The average molecular weight is 271 g/mol. The Morgan fingerprint density at radius 2 is 1.95 bits per heavy atom. The Balaban J connectivity index is 1.64. The number of nitrogens with one attached hydrogen (secondary N) is 1. The zero-order valence-electron chi connectivity index (χ0n) is 12.8. The van der Waals surface area contributed by atoms with Crippen LogP contribution >= 0.6 is 0 Å². The average Bonchev–Trinajstić information content (AvgIpc) is 2.92. The summed E-state index contributed by atoms with van der Waals surface area (Å²) in [6, 6.07) is 7.36. The van der Waals surface area contributed by atoms with Gasteiger partial charge in [-0.2, -0.15) is 0 Å². The van der Waals surface area contributed by atoms with Crippen molar-refractivity contribution in [3.05, 3.63) is 29.3 Å². The molecule has 0 bridgehead atoms. The van der Waals surface area contributed by atoms with Crippen LogP contribution in [0, 0.1) is 17.8 Å². The molecule has 1 aliphatic heterocycles. The van der Waals surface area contributed by atoms with Gasteiger partial charge < -0.3 is 10.1 Å². The highest BCUT2D eigenvalue weighted by molar-refractivity contribution is 5.46. The van der Waals surface area contributed by atoms with E-state index in [4.69, 9.17) is 4.74 Å². The van der Waals surface area contributed by atoms with E-state index in [0.29, 0.717) is 6.04 Å². The molecular formula is C18H25NO. The number of fused-ring (bicyclic) bond motifs is 2. The molecule has 3 aliphatic rings. The molecule has 2 nitrogen and oxygen atoms in total. The lowest BCUT2D eigenvalue weighted by molar-refractivity contribution is 0.291. The summed E-state index contributed by atoms with van der Waals surface area (Å²) in [5.41, 5.74) is 3.00. The predicted molar refractivity (Wildman–Crippen MR) is 81.1 cm³/mol. The first-order chi connectivity index (χ1) is 9.58. The van der Waals surface area contributed by atoms with Gasteiger partial charge in [0.15, 0.2) is 0 Å². The van der Waals surface area contributed by atoms with Gasteiger partial charge in [0.05, 0.1) is 6.61 Å². The van der Waals surface area contributed by atoms with E-state index in [1.807, 2.05) is 0 Å². The van der Waals surface area contributed by atoms with Crippen LogP contribution in [0.5, 0.6) is 5.75 Å². The van der Waals surface area contributed by atoms with E-state index >= 15 is 0 Å². The quantitative estimate of drug-likeness (QED) is 0.906. The smallest absolute Gasteiger partial charge is 0.123 e. The minimum absolute atomic E-state index is 0.154. The maximum absolute atomic E-state index is 5.81. The van der Waals surface area contributed by atoms with Gasteiger partial charge in [0.1, 0.15) is 5.75 Å². The van der Waals surface area contributed by atoms with Crippen molar-refractivity contribution in [2.24, 2.45) is 17.8 Å². The van der Waals surface area contributed by atoms with E-state index in [-0.39, 0.29) is 5.41 Å². The molecule has 108 valence electrons. The molecule has 1 aromatic carbocycles. The first kappa shape index (κ1) is 12.7. The zero-order valence-corrected chi connectivity index (χ0v) is 12.8. The van der Waals surface area contributed by atoms with Crippen LogP contribution in [0.4, 0.5) is 0 Å². The van der Waals surface area contributed by atoms with Crippen molar-refractivity contribution in [3.8, 4) is 5.75 Å². The van der Waals surface area contributed by atoms with E-state index in [1.54, 1.807) is 0 Å². The van der Waals surface area contributed by atoms with Crippen molar-refractivity contribution in [1.82, 2.24) is 5.32 Å². The van der Waals surface area contributed by atoms with Gasteiger partial charge in [-0.25, -0.2) is 0 Å². The van der Waals surface area contributed by atoms with Gasteiger partial charge in [-0.1, -0.05) is 19.9 Å². The van der Waals surface area contributed by atoms with Crippen LogP contribution in [0.1, 0.15) is 50.3 Å². The number of ether oxygens (including phenoxy) is 1. The highest BCUT2D eigenvalue weighted by atomic mass is 16.5.